The molecule has 0 saturated carbocycles. The summed E-state index contributed by atoms with van der Waals surface area (Å²) >= 11 is 0. The standard InChI is InChI=1S/C14H15N2O2S/c1-16(2)19(17,18)15-14-10-6-9-13(11-14)12-7-4-3-5-8-12/h4-11,15H,1-2H3. The SMILES string of the molecule is CN(C)S(=O)(=O)Nc1cccc(-c2cc[c]cc2)c1. The molecular formula is C14H15N2O2S. The van der Waals surface area contributed by atoms with Crippen LogP contribution in [0.25, 0.3) is 11.1 Å². The number of rotatable bonds is 4. The van der Waals surface area contributed by atoms with Crippen LogP contribution in [0.4, 0.5) is 5.69 Å². The summed E-state index contributed by atoms with van der Waals surface area (Å²) in [5, 5.41) is 0. The minimum Gasteiger partial charge on any atom is -0.271 e. The summed E-state index contributed by atoms with van der Waals surface area (Å²) in [5.74, 6) is 0. The van der Waals surface area contributed by atoms with Gasteiger partial charge in [-0.15, -0.1) is 0 Å². The largest absolute Gasteiger partial charge is 0.301 e. The lowest BCUT2D eigenvalue weighted by Gasteiger charge is -2.14. The molecule has 0 aromatic heterocycles. The predicted molar refractivity (Wildman–Crippen MR) is 76.9 cm³/mol. The van der Waals surface area contributed by atoms with E-state index in [9.17, 15) is 8.42 Å². The van der Waals surface area contributed by atoms with E-state index in [0.29, 0.717) is 5.69 Å². The monoisotopic (exact) mass is 275 g/mol. The van der Waals surface area contributed by atoms with E-state index >= 15 is 0 Å². The molecule has 0 spiro atoms. The minimum atomic E-state index is -3.47. The van der Waals surface area contributed by atoms with Crippen LogP contribution in [0.3, 0.4) is 0 Å². The Bertz CT molecular complexity index is 652. The second kappa shape index (κ2) is 5.42. The fourth-order valence-corrected chi connectivity index (χ4v) is 2.19. The summed E-state index contributed by atoms with van der Waals surface area (Å²) in [6.07, 6.45) is 0. The lowest BCUT2D eigenvalue weighted by Crippen LogP contribution is -2.28. The number of nitrogens with one attached hydrogen (secondary N) is 1. The van der Waals surface area contributed by atoms with Crippen LogP contribution in [0.2, 0.25) is 0 Å². The Hall–Kier alpha value is -1.85. The van der Waals surface area contributed by atoms with Crippen LogP contribution in [-0.2, 0) is 10.2 Å². The van der Waals surface area contributed by atoms with Crippen molar-refractivity contribution in [3.05, 3.63) is 54.6 Å². The molecule has 4 nitrogen and oxygen atoms in total. The summed E-state index contributed by atoms with van der Waals surface area (Å²) < 4.78 is 27.2. The lowest BCUT2D eigenvalue weighted by molar-refractivity contribution is 0.527. The molecule has 2 rings (SSSR count). The fourth-order valence-electron chi connectivity index (χ4n) is 1.58. The maximum atomic E-state index is 11.8. The Balaban J connectivity index is 2.31. The van der Waals surface area contributed by atoms with E-state index in [1.165, 1.54) is 14.1 Å². The third kappa shape index (κ3) is 3.33. The van der Waals surface area contributed by atoms with Crippen LogP contribution in [0.1, 0.15) is 0 Å². The van der Waals surface area contributed by atoms with Crippen molar-refractivity contribution in [2.45, 2.75) is 0 Å². The molecule has 1 radical (unpaired) electrons. The van der Waals surface area contributed by atoms with Crippen molar-refractivity contribution in [2.24, 2.45) is 0 Å². The molecule has 2 aromatic carbocycles. The van der Waals surface area contributed by atoms with E-state index < -0.39 is 10.2 Å². The molecule has 0 amide bonds. The number of anilines is 1. The van der Waals surface area contributed by atoms with Crippen molar-refractivity contribution in [2.75, 3.05) is 18.8 Å². The number of benzene rings is 2. The third-order valence-electron chi connectivity index (χ3n) is 2.64. The van der Waals surface area contributed by atoms with Gasteiger partial charge in [0.15, 0.2) is 0 Å². The zero-order chi connectivity index (χ0) is 13.9. The van der Waals surface area contributed by atoms with Gasteiger partial charge >= 0.3 is 10.2 Å². The average Bonchev–Trinajstić information content (AvgIpc) is 2.39. The molecule has 5 heteroatoms. The van der Waals surface area contributed by atoms with Gasteiger partial charge < -0.3 is 0 Å². The van der Waals surface area contributed by atoms with Crippen molar-refractivity contribution in [1.82, 2.24) is 4.31 Å². The van der Waals surface area contributed by atoms with Crippen LogP contribution in [0.5, 0.6) is 0 Å². The normalized spacial score (nSPS) is 11.5. The number of nitrogens with zero attached hydrogens (tertiary/aromatic N) is 1. The van der Waals surface area contributed by atoms with Crippen LogP contribution in [0.15, 0.2) is 48.5 Å². The molecule has 0 heterocycles. The smallest absolute Gasteiger partial charge is 0.271 e. The molecular weight excluding hydrogens is 260 g/mol. The minimum absolute atomic E-state index is 0.541. The molecule has 2 aromatic rings. The van der Waals surface area contributed by atoms with Crippen LogP contribution >= 0.6 is 0 Å². The van der Waals surface area contributed by atoms with Crippen molar-refractivity contribution >= 4 is 15.9 Å². The topological polar surface area (TPSA) is 49.4 Å². The zero-order valence-corrected chi connectivity index (χ0v) is 11.6. The zero-order valence-electron chi connectivity index (χ0n) is 10.8. The fraction of sp³-hybridized carbons (Fsp3) is 0.143. The van der Waals surface area contributed by atoms with Gasteiger partial charge in [0.25, 0.3) is 0 Å². The van der Waals surface area contributed by atoms with Gasteiger partial charge in [0.05, 0.1) is 5.69 Å². The van der Waals surface area contributed by atoms with E-state index in [1.54, 1.807) is 12.1 Å². The highest BCUT2D eigenvalue weighted by atomic mass is 32.2. The van der Waals surface area contributed by atoms with E-state index in [1.807, 2.05) is 36.4 Å². The Labute approximate surface area is 113 Å². The number of hydrogen-bond donors (Lipinski definition) is 1. The molecule has 0 bridgehead atoms. The van der Waals surface area contributed by atoms with Gasteiger partial charge in [-0.05, 0) is 29.3 Å². The highest BCUT2D eigenvalue weighted by molar-refractivity contribution is 7.90. The highest BCUT2D eigenvalue weighted by Crippen LogP contribution is 2.22. The van der Waals surface area contributed by atoms with Gasteiger partial charge in [0.1, 0.15) is 0 Å². The van der Waals surface area contributed by atoms with E-state index in [-0.39, 0.29) is 0 Å². The Morgan fingerprint density at radius 1 is 1.05 bits per heavy atom. The second-order valence-corrected chi connectivity index (χ2v) is 6.14. The van der Waals surface area contributed by atoms with Gasteiger partial charge in [-0.3, -0.25) is 4.72 Å². The quantitative estimate of drug-likeness (QED) is 0.931. The van der Waals surface area contributed by atoms with Gasteiger partial charge in [-0.1, -0.05) is 36.4 Å². The number of hydrogen-bond acceptors (Lipinski definition) is 2. The molecule has 1 N–H and O–H groups in total. The predicted octanol–water partition coefficient (Wildman–Crippen LogP) is 2.37. The second-order valence-electron chi connectivity index (χ2n) is 4.26. The summed E-state index contributed by atoms with van der Waals surface area (Å²) in [7, 11) is -0.502. The maximum Gasteiger partial charge on any atom is 0.301 e. The van der Waals surface area contributed by atoms with Crippen LogP contribution in [0, 0.1) is 6.07 Å². The molecule has 0 aliphatic rings. The van der Waals surface area contributed by atoms with Gasteiger partial charge in [-0.2, -0.15) is 12.7 Å². The molecule has 0 atom stereocenters. The van der Waals surface area contributed by atoms with Crippen molar-refractivity contribution in [1.29, 1.82) is 0 Å². The first kappa shape index (κ1) is 13.6. The van der Waals surface area contributed by atoms with Crippen molar-refractivity contribution < 1.29 is 8.42 Å². The molecule has 99 valence electrons. The molecule has 0 unspecified atom stereocenters. The lowest BCUT2D eigenvalue weighted by atomic mass is 10.1. The van der Waals surface area contributed by atoms with E-state index in [0.717, 1.165) is 15.4 Å². The first-order valence-electron chi connectivity index (χ1n) is 5.76. The van der Waals surface area contributed by atoms with Crippen LogP contribution < -0.4 is 4.72 Å². The van der Waals surface area contributed by atoms with E-state index in [4.69, 9.17) is 0 Å². The molecule has 19 heavy (non-hydrogen) atoms. The van der Waals surface area contributed by atoms with Crippen LogP contribution in [-0.4, -0.2) is 26.8 Å². The third-order valence-corrected chi connectivity index (χ3v) is 4.10. The summed E-state index contributed by atoms with van der Waals surface area (Å²) in [6, 6.07) is 17.7. The van der Waals surface area contributed by atoms with E-state index in [2.05, 4.69) is 10.8 Å². The van der Waals surface area contributed by atoms with Crippen molar-refractivity contribution in [3.8, 4) is 11.1 Å². The van der Waals surface area contributed by atoms with Gasteiger partial charge in [-0.25, -0.2) is 0 Å². The highest BCUT2D eigenvalue weighted by Gasteiger charge is 2.12. The summed E-state index contributed by atoms with van der Waals surface area (Å²) in [5.41, 5.74) is 2.51. The molecule has 0 fully saturated rings. The Morgan fingerprint density at radius 3 is 2.37 bits per heavy atom. The first-order chi connectivity index (χ1) is 8.99. The van der Waals surface area contributed by atoms with Gasteiger partial charge in [0, 0.05) is 14.1 Å². The first-order valence-corrected chi connectivity index (χ1v) is 7.20. The average molecular weight is 275 g/mol. The van der Waals surface area contributed by atoms with Gasteiger partial charge in [0.2, 0.25) is 0 Å². The Morgan fingerprint density at radius 2 is 1.74 bits per heavy atom. The maximum absolute atomic E-state index is 11.8. The molecule has 0 aliphatic heterocycles. The molecule has 0 saturated heterocycles. The Kier molecular flexibility index (Phi) is 3.87. The summed E-state index contributed by atoms with van der Waals surface area (Å²) in [6.45, 7) is 0. The molecule has 0 aliphatic carbocycles. The summed E-state index contributed by atoms with van der Waals surface area (Å²) in [4.78, 5) is 0. The van der Waals surface area contributed by atoms with Crippen molar-refractivity contribution in [3.63, 3.8) is 0 Å².